The van der Waals surface area contributed by atoms with E-state index in [1.807, 2.05) is 19.9 Å². The lowest BCUT2D eigenvalue weighted by molar-refractivity contribution is -0.119. The van der Waals surface area contributed by atoms with Crippen LogP contribution in [0.1, 0.15) is 20.9 Å². The van der Waals surface area contributed by atoms with E-state index in [0.29, 0.717) is 26.3 Å². The van der Waals surface area contributed by atoms with Crippen LogP contribution in [-0.4, -0.2) is 23.5 Å². The van der Waals surface area contributed by atoms with Gasteiger partial charge in [0, 0.05) is 16.1 Å². The molecule has 0 fully saturated rings. The molecule has 6 nitrogen and oxygen atoms in total. The number of amides is 1. The summed E-state index contributed by atoms with van der Waals surface area (Å²) in [6.07, 6.45) is 0. The van der Waals surface area contributed by atoms with Gasteiger partial charge in [-0.2, -0.15) is 0 Å². The van der Waals surface area contributed by atoms with Gasteiger partial charge < -0.3 is 15.8 Å². The molecule has 9 heteroatoms. The van der Waals surface area contributed by atoms with Crippen LogP contribution in [0.4, 0.5) is 11.4 Å². The summed E-state index contributed by atoms with van der Waals surface area (Å²) in [5, 5.41) is 4.02. The minimum Gasteiger partial charge on any atom is -0.451 e. The Morgan fingerprint density at radius 3 is 2.74 bits per heavy atom. The maximum atomic E-state index is 12.4. The first-order valence-electron chi connectivity index (χ1n) is 7.84. The number of nitrogens with two attached hydrogens (primary N) is 1. The first kappa shape index (κ1) is 19.4. The fraction of sp³-hybridized carbons (Fsp3) is 0.167. The van der Waals surface area contributed by atoms with Crippen molar-refractivity contribution in [3.8, 4) is 0 Å². The number of carbonyl (C=O) groups is 2. The molecule has 0 aliphatic carbocycles. The lowest BCUT2D eigenvalue weighted by Gasteiger charge is -2.08. The van der Waals surface area contributed by atoms with Crippen LogP contribution in [0.3, 0.4) is 0 Å². The Kier molecular flexibility index (Phi) is 5.55. The van der Waals surface area contributed by atoms with Crippen molar-refractivity contribution in [2.75, 3.05) is 17.7 Å². The molecule has 0 bridgehead atoms. The van der Waals surface area contributed by atoms with Gasteiger partial charge in [0.05, 0.1) is 16.4 Å². The number of thiophene rings is 1. The first-order chi connectivity index (χ1) is 12.8. The molecule has 0 radical (unpaired) electrons. The molecule has 1 amide bonds. The van der Waals surface area contributed by atoms with E-state index in [2.05, 4.69) is 10.3 Å². The number of nitrogens with one attached hydrogen (secondary N) is 1. The molecule has 0 aliphatic rings. The molecule has 3 aromatic rings. The predicted octanol–water partition coefficient (Wildman–Crippen LogP) is 4.60. The first-order valence-corrected chi connectivity index (χ1v) is 9.41. The molecule has 0 spiro atoms. The third-order valence-electron chi connectivity index (χ3n) is 3.75. The van der Waals surface area contributed by atoms with Crippen LogP contribution in [0.15, 0.2) is 24.3 Å². The number of ether oxygens (including phenoxy) is 1. The molecule has 1 aromatic carbocycles. The van der Waals surface area contributed by atoms with E-state index < -0.39 is 18.5 Å². The zero-order valence-corrected chi connectivity index (χ0v) is 16.8. The quantitative estimate of drug-likeness (QED) is 0.597. The number of halogens is 2. The number of nitrogen functional groups attached to an aromatic ring is 1. The fourth-order valence-corrected chi connectivity index (χ4v) is 4.04. The van der Waals surface area contributed by atoms with Crippen molar-refractivity contribution in [2.24, 2.45) is 0 Å². The topological polar surface area (TPSA) is 94.3 Å². The molecule has 0 aliphatic heterocycles. The SMILES string of the molecule is Cc1cc(C)c2c(N)c(C(=O)OCC(=O)Nc3cc(Cl)ccc3Cl)sc2n1. The average Bonchev–Trinajstić information content (AvgIpc) is 2.92. The molecule has 27 heavy (non-hydrogen) atoms. The van der Waals surface area contributed by atoms with Gasteiger partial charge in [-0.15, -0.1) is 11.3 Å². The third-order valence-corrected chi connectivity index (χ3v) is 5.39. The second-order valence-electron chi connectivity index (χ2n) is 5.85. The zero-order chi connectivity index (χ0) is 19.7. The van der Waals surface area contributed by atoms with Gasteiger partial charge in [-0.1, -0.05) is 23.2 Å². The Bertz CT molecular complexity index is 1070. The van der Waals surface area contributed by atoms with E-state index >= 15 is 0 Å². The molecule has 3 N–H and O–H groups in total. The number of aryl methyl sites for hydroxylation is 2. The van der Waals surface area contributed by atoms with Crippen LogP contribution in [0.25, 0.3) is 10.2 Å². The second-order valence-corrected chi connectivity index (χ2v) is 7.70. The number of fused-ring (bicyclic) bond motifs is 1. The van der Waals surface area contributed by atoms with E-state index in [9.17, 15) is 9.59 Å². The number of nitrogens with zero attached hydrogens (tertiary/aromatic N) is 1. The number of hydrogen-bond acceptors (Lipinski definition) is 6. The second kappa shape index (κ2) is 7.72. The van der Waals surface area contributed by atoms with Gasteiger partial charge in [-0.05, 0) is 43.7 Å². The normalized spacial score (nSPS) is 10.8. The lowest BCUT2D eigenvalue weighted by Crippen LogP contribution is -2.21. The minimum absolute atomic E-state index is 0.222. The summed E-state index contributed by atoms with van der Waals surface area (Å²) in [6, 6.07) is 6.55. The summed E-state index contributed by atoms with van der Waals surface area (Å²) >= 11 is 13.0. The Morgan fingerprint density at radius 1 is 1.26 bits per heavy atom. The van der Waals surface area contributed by atoms with Crippen molar-refractivity contribution in [3.05, 3.63) is 50.4 Å². The molecular weight excluding hydrogens is 409 g/mol. The van der Waals surface area contributed by atoms with Crippen LogP contribution >= 0.6 is 34.5 Å². The number of carbonyl (C=O) groups excluding carboxylic acids is 2. The highest BCUT2D eigenvalue weighted by Crippen LogP contribution is 2.35. The third kappa shape index (κ3) is 4.16. The number of esters is 1. The van der Waals surface area contributed by atoms with Gasteiger partial charge in [-0.3, -0.25) is 4.79 Å². The van der Waals surface area contributed by atoms with E-state index in [4.69, 9.17) is 33.7 Å². The number of anilines is 2. The molecular formula is C18H15Cl2N3O3S. The Morgan fingerprint density at radius 2 is 2.00 bits per heavy atom. The standard InChI is InChI=1S/C18H15Cl2N3O3S/c1-8-5-9(2)22-17-14(8)15(21)16(27-17)18(25)26-7-13(24)23-12-6-10(19)3-4-11(12)20/h3-6H,7,21H2,1-2H3,(H,23,24). The highest BCUT2D eigenvalue weighted by Gasteiger charge is 2.21. The van der Waals surface area contributed by atoms with Crippen molar-refractivity contribution in [1.29, 1.82) is 0 Å². The number of rotatable bonds is 4. The van der Waals surface area contributed by atoms with E-state index in [0.717, 1.165) is 28.0 Å². The number of hydrogen-bond donors (Lipinski definition) is 2. The largest absolute Gasteiger partial charge is 0.451 e. The number of aromatic nitrogens is 1. The predicted molar refractivity (Wildman–Crippen MR) is 109 cm³/mol. The van der Waals surface area contributed by atoms with Gasteiger partial charge in [0.15, 0.2) is 6.61 Å². The smallest absolute Gasteiger partial charge is 0.351 e. The van der Waals surface area contributed by atoms with E-state index in [1.165, 1.54) is 6.07 Å². The summed E-state index contributed by atoms with van der Waals surface area (Å²) < 4.78 is 5.09. The van der Waals surface area contributed by atoms with Gasteiger partial charge >= 0.3 is 5.97 Å². The van der Waals surface area contributed by atoms with Crippen LogP contribution in [-0.2, 0) is 9.53 Å². The van der Waals surface area contributed by atoms with Gasteiger partial charge in [0.1, 0.15) is 9.71 Å². The van der Waals surface area contributed by atoms with Gasteiger partial charge in [-0.25, -0.2) is 9.78 Å². The van der Waals surface area contributed by atoms with Crippen molar-refractivity contribution < 1.29 is 14.3 Å². The highest BCUT2D eigenvalue weighted by molar-refractivity contribution is 7.21. The average molecular weight is 424 g/mol. The Balaban J connectivity index is 1.71. The van der Waals surface area contributed by atoms with E-state index in [-0.39, 0.29) is 4.88 Å². The highest BCUT2D eigenvalue weighted by atomic mass is 35.5. The number of pyridine rings is 1. The summed E-state index contributed by atoms with van der Waals surface area (Å²) in [4.78, 5) is 29.7. The maximum Gasteiger partial charge on any atom is 0.351 e. The molecule has 0 saturated heterocycles. The molecule has 2 heterocycles. The van der Waals surface area contributed by atoms with Crippen molar-refractivity contribution in [2.45, 2.75) is 13.8 Å². The lowest BCUT2D eigenvalue weighted by atomic mass is 10.1. The molecule has 0 unspecified atom stereocenters. The summed E-state index contributed by atoms with van der Waals surface area (Å²) in [6.45, 7) is 3.28. The summed E-state index contributed by atoms with van der Waals surface area (Å²) in [5.41, 5.74) is 8.50. The molecule has 3 rings (SSSR count). The van der Waals surface area contributed by atoms with Crippen LogP contribution in [0.2, 0.25) is 10.0 Å². The number of benzene rings is 1. The summed E-state index contributed by atoms with van der Waals surface area (Å²) in [5.74, 6) is -1.22. The van der Waals surface area contributed by atoms with Crippen molar-refractivity contribution in [3.63, 3.8) is 0 Å². The molecule has 2 aromatic heterocycles. The zero-order valence-electron chi connectivity index (χ0n) is 14.4. The molecule has 140 valence electrons. The molecule has 0 saturated carbocycles. The Labute approximate surface area is 169 Å². The fourth-order valence-electron chi connectivity index (χ4n) is 2.60. The van der Waals surface area contributed by atoms with Crippen molar-refractivity contribution >= 4 is 68.0 Å². The van der Waals surface area contributed by atoms with Crippen molar-refractivity contribution in [1.82, 2.24) is 4.98 Å². The van der Waals surface area contributed by atoms with Gasteiger partial charge in [0.2, 0.25) is 0 Å². The Hall–Kier alpha value is -2.35. The van der Waals surface area contributed by atoms with Crippen LogP contribution in [0, 0.1) is 13.8 Å². The maximum absolute atomic E-state index is 12.4. The minimum atomic E-state index is -0.681. The van der Waals surface area contributed by atoms with Crippen LogP contribution in [0.5, 0.6) is 0 Å². The monoisotopic (exact) mass is 423 g/mol. The summed E-state index contributed by atoms with van der Waals surface area (Å²) in [7, 11) is 0. The van der Waals surface area contributed by atoms with Crippen LogP contribution < -0.4 is 11.1 Å². The van der Waals surface area contributed by atoms with E-state index in [1.54, 1.807) is 12.1 Å². The van der Waals surface area contributed by atoms with Gasteiger partial charge in [0.25, 0.3) is 5.91 Å². The molecule has 0 atom stereocenters.